The number of likely N-dealkylation sites (N-methyl/N-ethyl adjacent to an activating group) is 1. The molecule has 15 heavy (non-hydrogen) atoms. The van der Waals surface area contributed by atoms with Crippen molar-refractivity contribution in [1.29, 1.82) is 0 Å². The summed E-state index contributed by atoms with van der Waals surface area (Å²) in [6.07, 6.45) is 6.44. The second-order valence-electron chi connectivity index (χ2n) is 4.61. The highest BCUT2D eigenvalue weighted by molar-refractivity contribution is 5.02. The third kappa shape index (κ3) is 2.35. The lowest BCUT2D eigenvalue weighted by Crippen LogP contribution is -2.61. The van der Waals surface area contributed by atoms with Crippen LogP contribution in [0.2, 0.25) is 0 Å². The van der Waals surface area contributed by atoms with Gasteiger partial charge in [-0.05, 0) is 32.4 Å². The Morgan fingerprint density at radius 3 is 2.07 bits per heavy atom. The van der Waals surface area contributed by atoms with Crippen LogP contribution in [0.15, 0.2) is 0 Å². The smallest absolute Gasteiger partial charge is 0.0392 e. The summed E-state index contributed by atoms with van der Waals surface area (Å²) < 4.78 is 0. The minimum atomic E-state index is 0.326. The summed E-state index contributed by atoms with van der Waals surface area (Å²) in [5.41, 5.74) is 3.37. The quantitative estimate of drug-likeness (QED) is 0.523. The van der Waals surface area contributed by atoms with Gasteiger partial charge in [0.1, 0.15) is 0 Å². The van der Waals surface area contributed by atoms with Crippen molar-refractivity contribution in [3.05, 3.63) is 0 Å². The zero-order chi connectivity index (χ0) is 11.3. The Bertz CT molecular complexity index is 154. The largest absolute Gasteiger partial charge is 0.297 e. The van der Waals surface area contributed by atoms with Gasteiger partial charge < -0.3 is 0 Å². The highest BCUT2D eigenvalue weighted by Crippen LogP contribution is 2.38. The van der Waals surface area contributed by atoms with E-state index >= 15 is 0 Å². The lowest BCUT2D eigenvalue weighted by atomic mass is 9.84. The maximum absolute atomic E-state index is 5.72. The molecule has 0 aromatic heterocycles. The molecule has 90 valence electrons. The van der Waals surface area contributed by atoms with Gasteiger partial charge in [0.25, 0.3) is 0 Å². The van der Waals surface area contributed by atoms with Gasteiger partial charge in [0.15, 0.2) is 0 Å². The van der Waals surface area contributed by atoms with E-state index in [9.17, 15) is 0 Å². The van der Waals surface area contributed by atoms with E-state index in [1.54, 1.807) is 0 Å². The van der Waals surface area contributed by atoms with Crippen molar-refractivity contribution in [2.24, 2.45) is 5.84 Å². The van der Waals surface area contributed by atoms with E-state index < -0.39 is 0 Å². The lowest BCUT2D eigenvalue weighted by molar-refractivity contribution is 0.0615. The first-order chi connectivity index (χ1) is 7.25. The first kappa shape index (κ1) is 12.9. The molecular formula is C12H27N3. The Kier molecular flexibility index (Phi) is 5.03. The number of hydrogen-bond acceptors (Lipinski definition) is 3. The van der Waals surface area contributed by atoms with Crippen molar-refractivity contribution >= 4 is 0 Å². The number of hydrazine groups is 1. The Labute approximate surface area is 94.4 Å². The van der Waals surface area contributed by atoms with E-state index in [1.165, 1.54) is 25.7 Å². The van der Waals surface area contributed by atoms with Crippen LogP contribution < -0.4 is 11.3 Å². The molecular weight excluding hydrogens is 186 g/mol. The Morgan fingerprint density at radius 1 is 1.20 bits per heavy atom. The zero-order valence-electron chi connectivity index (χ0n) is 10.6. The Morgan fingerprint density at radius 2 is 1.73 bits per heavy atom. The highest BCUT2D eigenvalue weighted by atomic mass is 15.3. The molecule has 3 nitrogen and oxygen atoms in total. The molecule has 1 aliphatic rings. The SMILES string of the molecule is CCC(NN)C1(N(CC)CC)CCCC1. The topological polar surface area (TPSA) is 41.3 Å². The molecule has 0 bridgehead atoms. The lowest BCUT2D eigenvalue weighted by Gasteiger charge is -2.45. The van der Waals surface area contributed by atoms with Crippen molar-refractivity contribution < 1.29 is 0 Å². The van der Waals surface area contributed by atoms with Gasteiger partial charge >= 0.3 is 0 Å². The normalized spacial score (nSPS) is 22.2. The van der Waals surface area contributed by atoms with Crippen molar-refractivity contribution in [1.82, 2.24) is 10.3 Å². The highest BCUT2D eigenvalue weighted by Gasteiger charge is 2.43. The average Bonchev–Trinajstić information content (AvgIpc) is 2.72. The molecule has 1 fully saturated rings. The summed E-state index contributed by atoms with van der Waals surface area (Å²) in [7, 11) is 0. The summed E-state index contributed by atoms with van der Waals surface area (Å²) >= 11 is 0. The molecule has 1 unspecified atom stereocenters. The fourth-order valence-corrected chi connectivity index (χ4v) is 3.38. The van der Waals surface area contributed by atoms with Gasteiger partial charge in [-0.3, -0.25) is 16.2 Å². The van der Waals surface area contributed by atoms with Crippen LogP contribution in [0.25, 0.3) is 0 Å². The molecule has 1 rings (SSSR count). The van der Waals surface area contributed by atoms with E-state index in [4.69, 9.17) is 5.84 Å². The second kappa shape index (κ2) is 5.83. The monoisotopic (exact) mass is 213 g/mol. The number of nitrogens with two attached hydrogens (primary N) is 1. The molecule has 1 saturated carbocycles. The second-order valence-corrected chi connectivity index (χ2v) is 4.61. The van der Waals surface area contributed by atoms with Crippen molar-refractivity contribution in [2.45, 2.75) is 64.5 Å². The van der Waals surface area contributed by atoms with E-state index in [2.05, 4.69) is 31.1 Å². The van der Waals surface area contributed by atoms with Crippen LogP contribution in [0.1, 0.15) is 52.9 Å². The van der Waals surface area contributed by atoms with Crippen molar-refractivity contribution in [2.75, 3.05) is 13.1 Å². The van der Waals surface area contributed by atoms with Gasteiger partial charge in [0, 0.05) is 11.6 Å². The van der Waals surface area contributed by atoms with Crippen molar-refractivity contribution in [3.63, 3.8) is 0 Å². The fourth-order valence-electron chi connectivity index (χ4n) is 3.38. The van der Waals surface area contributed by atoms with Crippen LogP contribution in [-0.4, -0.2) is 29.6 Å². The fraction of sp³-hybridized carbons (Fsp3) is 1.00. The number of nitrogens with one attached hydrogen (secondary N) is 1. The van der Waals surface area contributed by atoms with E-state index in [0.29, 0.717) is 11.6 Å². The van der Waals surface area contributed by atoms with Gasteiger partial charge in [-0.15, -0.1) is 0 Å². The van der Waals surface area contributed by atoms with Crippen LogP contribution in [0.3, 0.4) is 0 Å². The van der Waals surface area contributed by atoms with Crippen LogP contribution in [-0.2, 0) is 0 Å². The van der Waals surface area contributed by atoms with Gasteiger partial charge in [-0.1, -0.05) is 33.6 Å². The molecule has 3 heteroatoms. The third-order valence-electron chi connectivity index (χ3n) is 4.12. The Hall–Kier alpha value is -0.120. The predicted molar refractivity (Wildman–Crippen MR) is 65.5 cm³/mol. The molecule has 1 atom stereocenters. The molecule has 0 aliphatic heterocycles. The summed E-state index contributed by atoms with van der Waals surface area (Å²) in [4.78, 5) is 2.61. The molecule has 0 amide bonds. The molecule has 0 aromatic rings. The molecule has 3 N–H and O–H groups in total. The average molecular weight is 213 g/mol. The van der Waals surface area contributed by atoms with E-state index in [0.717, 1.165) is 19.5 Å². The molecule has 0 radical (unpaired) electrons. The molecule has 1 aliphatic carbocycles. The van der Waals surface area contributed by atoms with Gasteiger partial charge in [-0.2, -0.15) is 0 Å². The number of rotatable bonds is 6. The first-order valence-corrected chi connectivity index (χ1v) is 6.46. The molecule has 0 saturated heterocycles. The molecule has 0 heterocycles. The van der Waals surface area contributed by atoms with E-state index in [-0.39, 0.29) is 0 Å². The first-order valence-electron chi connectivity index (χ1n) is 6.46. The molecule has 0 aromatic carbocycles. The number of hydrogen-bond donors (Lipinski definition) is 2. The number of nitrogens with zero attached hydrogens (tertiary/aromatic N) is 1. The summed E-state index contributed by atoms with van der Waals surface area (Å²) in [5.74, 6) is 5.72. The zero-order valence-corrected chi connectivity index (χ0v) is 10.6. The maximum atomic E-state index is 5.72. The van der Waals surface area contributed by atoms with Gasteiger partial charge in [0.05, 0.1) is 0 Å². The summed E-state index contributed by atoms with van der Waals surface area (Å²) in [6, 6.07) is 0.444. The van der Waals surface area contributed by atoms with Gasteiger partial charge in [0.2, 0.25) is 0 Å². The van der Waals surface area contributed by atoms with Crippen molar-refractivity contribution in [3.8, 4) is 0 Å². The molecule has 0 spiro atoms. The van der Waals surface area contributed by atoms with Crippen LogP contribution in [0, 0.1) is 0 Å². The minimum Gasteiger partial charge on any atom is -0.297 e. The Balaban J connectivity index is 2.85. The maximum Gasteiger partial charge on any atom is 0.0392 e. The summed E-state index contributed by atoms with van der Waals surface area (Å²) in [6.45, 7) is 9.01. The van der Waals surface area contributed by atoms with Crippen LogP contribution >= 0.6 is 0 Å². The predicted octanol–water partition coefficient (Wildman–Crippen LogP) is 1.88. The standard InChI is InChI=1S/C12H27N3/c1-4-11(14-13)12(9-7-8-10-12)15(5-2)6-3/h11,14H,4-10,13H2,1-3H3. The van der Waals surface area contributed by atoms with E-state index in [1.807, 2.05) is 0 Å². The van der Waals surface area contributed by atoms with Gasteiger partial charge in [-0.25, -0.2) is 0 Å². The summed E-state index contributed by atoms with van der Waals surface area (Å²) in [5, 5.41) is 0. The van der Waals surface area contributed by atoms with Crippen LogP contribution in [0.4, 0.5) is 0 Å². The van der Waals surface area contributed by atoms with Crippen LogP contribution in [0.5, 0.6) is 0 Å². The third-order valence-corrected chi connectivity index (χ3v) is 4.12. The minimum absolute atomic E-state index is 0.326.